The Balaban J connectivity index is 2.35. The van der Waals surface area contributed by atoms with Crippen molar-refractivity contribution in [3.63, 3.8) is 0 Å². The zero-order valence-corrected chi connectivity index (χ0v) is 19.8. The van der Waals surface area contributed by atoms with E-state index in [4.69, 9.17) is 4.74 Å². The molecule has 0 radical (unpaired) electrons. The van der Waals surface area contributed by atoms with Crippen molar-refractivity contribution in [3.8, 4) is 0 Å². The number of benzene rings is 2. The van der Waals surface area contributed by atoms with E-state index < -0.39 is 40.2 Å². The van der Waals surface area contributed by atoms with Crippen molar-refractivity contribution in [1.29, 1.82) is 0 Å². The Labute approximate surface area is 185 Å². The van der Waals surface area contributed by atoms with E-state index in [-0.39, 0.29) is 10.8 Å². The van der Waals surface area contributed by atoms with Gasteiger partial charge in [-0.1, -0.05) is 61.9 Å². The fourth-order valence-electron chi connectivity index (χ4n) is 3.32. The smallest absolute Gasteiger partial charge is 0.311 e. The van der Waals surface area contributed by atoms with Crippen molar-refractivity contribution in [2.24, 2.45) is 11.8 Å². The number of hydrogen-bond acceptors (Lipinski definition) is 5. The average Bonchev–Trinajstić information content (AvgIpc) is 2.75. The number of aliphatic hydroxyl groups is 1. The van der Waals surface area contributed by atoms with Crippen molar-refractivity contribution in [1.82, 2.24) is 4.31 Å². The van der Waals surface area contributed by atoms with E-state index in [2.05, 4.69) is 0 Å². The maximum Gasteiger partial charge on any atom is 0.311 e. The molecule has 170 valence electrons. The molecule has 0 amide bonds. The van der Waals surface area contributed by atoms with E-state index >= 15 is 0 Å². The van der Waals surface area contributed by atoms with E-state index in [0.717, 1.165) is 5.56 Å². The van der Waals surface area contributed by atoms with Crippen LogP contribution >= 0.6 is 0 Å². The monoisotopic (exact) mass is 447 g/mol. The van der Waals surface area contributed by atoms with Crippen LogP contribution in [0.3, 0.4) is 0 Å². The lowest BCUT2D eigenvalue weighted by molar-refractivity contribution is -0.161. The first-order valence-electron chi connectivity index (χ1n) is 10.4. The summed E-state index contributed by atoms with van der Waals surface area (Å²) < 4.78 is 33.4. The molecule has 0 saturated carbocycles. The van der Waals surface area contributed by atoms with Crippen LogP contribution in [0.25, 0.3) is 0 Å². The molecule has 4 atom stereocenters. The van der Waals surface area contributed by atoms with Crippen LogP contribution in [0, 0.1) is 18.8 Å². The Bertz CT molecular complexity index is 957. The van der Waals surface area contributed by atoms with Crippen LogP contribution < -0.4 is 0 Å². The quantitative estimate of drug-likeness (QED) is 0.589. The van der Waals surface area contributed by atoms with E-state index in [0.29, 0.717) is 5.56 Å². The molecule has 0 bridgehead atoms. The topological polar surface area (TPSA) is 83.9 Å². The third kappa shape index (κ3) is 5.93. The van der Waals surface area contributed by atoms with Crippen LogP contribution in [-0.2, 0) is 19.6 Å². The fraction of sp³-hybridized carbons (Fsp3) is 0.458. The molecule has 0 saturated heterocycles. The van der Waals surface area contributed by atoms with E-state index in [1.165, 1.54) is 11.4 Å². The standard InChI is InChI=1S/C24H33NO5S/c1-16(2)22(26)18(4)24(27)30-23(20-10-8-7-9-11-20)19(5)25(6)31(28,29)21-14-12-17(3)13-15-21/h7-16,18-19,22-23,26H,1-6H3/t18-,19+,22-,23+/m1/s1. The van der Waals surface area contributed by atoms with Gasteiger partial charge in [-0.15, -0.1) is 0 Å². The summed E-state index contributed by atoms with van der Waals surface area (Å²) >= 11 is 0. The highest BCUT2D eigenvalue weighted by molar-refractivity contribution is 7.89. The van der Waals surface area contributed by atoms with Crippen LogP contribution in [0.5, 0.6) is 0 Å². The Morgan fingerprint density at radius 2 is 1.52 bits per heavy atom. The van der Waals surface area contributed by atoms with Crippen LogP contribution in [-0.4, -0.2) is 43.0 Å². The minimum atomic E-state index is -3.80. The Morgan fingerprint density at radius 1 is 0.968 bits per heavy atom. The van der Waals surface area contributed by atoms with Crippen LogP contribution in [0.4, 0.5) is 0 Å². The third-order valence-corrected chi connectivity index (χ3v) is 7.61. The molecule has 0 spiro atoms. The van der Waals surface area contributed by atoms with Gasteiger partial charge in [0, 0.05) is 7.05 Å². The molecule has 0 heterocycles. The van der Waals surface area contributed by atoms with Gasteiger partial charge in [-0.05, 0) is 44.4 Å². The molecule has 7 heteroatoms. The highest BCUT2D eigenvalue weighted by Crippen LogP contribution is 2.30. The van der Waals surface area contributed by atoms with Gasteiger partial charge in [-0.3, -0.25) is 4.79 Å². The molecule has 0 aliphatic carbocycles. The number of carbonyl (C=O) groups excluding carboxylic acids is 1. The molecule has 0 fully saturated rings. The maximum absolute atomic E-state index is 13.2. The van der Waals surface area contributed by atoms with Crippen molar-refractivity contribution in [2.45, 2.75) is 57.8 Å². The Kier molecular flexibility index (Phi) is 8.40. The van der Waals surface area contributed by atoms with Gasteiger partial charge in [0.1, 0.15) is 6.10 Å². The molecule has 1 N–H and O–H groups in total. The highest BCUT2D eigenvalue weighted by atomic mass is 32.2. The first-order chi connectivity index (χ1) is 14.5. The van der Waals surface area contributed by atoms with Crippen molar-refractivity contribution < 1.29 is 23.1 Å². The van der Waals surface area contributed by atoms with Gasteiger partial charge in [0.2, 0.25) is 10.0 Å². The summed E-state index contributed by atoms with van der Waals surface area (Å²) in [4.78, 5) is 13.0. The second-order valence-electron chi connectivity index (χ2n) is 8.37. The first-order valence-corrected chi connectivity index (χ1v) is 11.9. The molecule has 6 nitrogen and oxygen atoms in total. The second-order valence-corrected chi connectivity index (χ2v) is 10.4. The second kappa shape index (κ2) is 10.4. The predicted octanol–water partition coefficient (Wildman–Crippen LogP) is 3.94. The lowest BCUT2D eigenvalue weighted by Crippen LogP contribution is -2.41. The summed E-state index contributed by atoms with van der Waals surface area (Å²) in [5.41, 5.74) is 1.64. The van der Waals surface area contributed by atoms with E-state index in [9.17, 15) is 18.3 Å². The summed E-state index contributed by atoms with van der Waals surface area (Å²) in [6.45, 7) is 8.87. The minimum Gasteiger partial charge on any atom is -0.455 e. The molecule has 0 aromatic heterocycles. The summed E-state index contributed by atoms with van der Waals surface area (Å²) in [5.74, 6) is -1.42. The van der Waals surface area contributed by atoms with Gasteiger partial charge >= 0.3 is 5.97 Å². The molecule has 0 aliphatic heterocycles. The number of esters is 1. The molecule has 2 aromatic carbocycles. The van der Waals surface area contributed by atoms with Crippen LogP contribution in [0.2, 0.25) is 0 Å². The lowest BCUT2D eigenvalue weighted by Gasteiger charge is -2.32. The maximum atomic E-state index is 13.2. The predicted molar refractivity (Wildman–Crippen MR) is 121 cm³/mol. The number of aryl methyl sites for hydroxylation is 1. The normalized spacial score (nSPS) is 16.0. The molecular weight excluding hydrogens is 414 g/mol. The number of carbonyl (C=O) groups is 1. The average molecular weight is 448 g/mol. The van der Waals surface area contributed by atoms with Gasteiger partial charge in [0.05, 0.1) is 23.0 Å². The summed E-state index contributed by atoms with van der Waals surface area (Å²) in [6.07, 6.45) is -1.69. The van der Waals surface area contributed by atoms with Crippen molar-refractivity contribution in [3.05, 3.63) is 65.7 Å². The summed E-state index contributed by atoms with van der Waals surface area (Å²) in [6, 6.07) is 15.0. The van der Waals surface area contributed by atoms with Gasteiger partial charge in [-0.2, -0.15) is 4.31 Å². The minimum absolute atomic E-state index is 0.111. The molecular formula is C24H33NO5S. The number of nitrogens with zero attached hydrogens (tertiary/aromatic N) is 1. The third-order valence-electron chi connectivity index (χ3n) is 5.65. The zero-order valence-electron chi connectivity index (χ0n) is 19.0. The number of ether oxygens (including phenoxy) is 1. The van der Waals surface area contributed by atoms with Crippen LogP contribution in [0.15, 0.2) is 59.5 Å². The molecule has 0 aliphatic rings. The molecule has 0 unspecified atom stereocenters. The molecule has 2 aromatic rings. The van der Waals surface area contributed by atoms with Gasteiger partial charge < -0.3 is 9.84 Å². The number of sulfonamides is 1. The van der Waals surface area contributed by atoms with Crippen molar-refractivity contribution >= 4 is 16.0 Å². The first kappa shape index (κ1) is 25.0. The molecule has 2 rings (SSSR count). The van der Waals surface area contributed by atoms with Gasteiger partial charge in [-0.25, -0.2) is 8.42 Å². The van der Waals surface area contributed by atoms with Gasteiger partial charge in [0.15, 0.2) is 0 Å². The number of hydrogen-bond donors (Lipinski definition) is 1. The number of rotatable bonds is 9. The summed E-state index contributed by atoms with van der Waals surface area (Å²) in [5, 5.41) is 10.3. The number of aliphatic hydroxyl groups excluding tert-OH is 1. The number of likely N-dealkylation sites (N-methyl/N-ethyl adjacent to an activating group) is 1. The van der Waals surface area contributed by atoms with Crippen LogP contribution in [0.1, 0.15) is 44.9 Å². The fourth-order valence-corrected chi connectivity index (χ4v) is 4.68. The van der Waals surface area contributed by atoms with E-state index in [1.54, 1.807) is 50.2 Å². The van der Waals surface area contributed by atoms with Crippen molar-refractivity contribution in [2.75, 3.05) is 7.05 Å². The Hall–Kier alpha value is -2.22. The largest absolute Gasteiger partial charge is 0.455 e. The SMILES string of the molecule is Cc1ccc(S(=O)(=O)N(C)[C@@H](C)[C@H](OC(=O)[C@H](C)[C@H](O)C(C)C)c2ccccc2)cc1. The molecule has 31 heavy (non-hydrogen) atoms. The highest BCUT2D eigenvalue weighted by Gasteiger charge is 2.36. The summed E-state index contributed by atoms with van der Waals surface area (Å²) in [7, 11) is -2.32. The zero-order chi connectivity index (χ0) is 23.3. The van der Waals surface area contributed by atoms with Gasteiger partial charge in [0.25, 0.3) is 0 Å². The lowest BCUT2D eigenvalue weighted by atomic mass is 9.95. The Morgan fingerprint density at radius 3 is 2.03 bits per heavy atom. The van der Waals surface area contributed by atoms with E-state index in [1.807, 2.05) is 39.0 Å².